The zero-order chi connectivity index (χ0) is 27.1. The van der Waals surface area contributed by atoms with Crippen molar-refractivity contribution < 1.29 is 23.3 Å². The minimum atomic E-state index is -2.17. The first kappa shape index (κ1) is 29.9. The molecule has 0 radical (unpaired) electrons. The highest BCUT2D eigenvalue weighted by Gasteiger charge is 2.29. The van der Waals surface area contributed by atoms with Gasteiger partial charge in [0.25, 0.3) is 5.69 Å². The lowest BCUT2D eigenvalue weighted by Crippen LogP contribution is -2.39. The highest BCUT2D eigenvalue weighted by Crippen LogP contribution is 2.23. The molecule has 0 heterocycles. The van der Waals surface area contributed by atoms with Gasteiger partial charge in [-0.3, -0.25) is 10.1 Å². The number of amides is 1. The van der Waals surface area contributed by atoms with Gasteiger partial charge in [0, 0.05) is 44.1 Å². The second-order valence-corrected chi connectivity index (χ2v) is 11.6. The van der Waals surface area contributed by atoms with Crippen molar-refractivity contribution in [1.29, 1.82) is 0 Å². The minimum absolute atomic E-state index is 0.00786. The van der Waals surface area contributed by atoms with Crippen LogP contribution in [0.25, 0.3) is 0 Å². The Morgan fingerprint density at radius 2 is 1.57 bits per heavy atom. The van der Waals surface area contributed by atoms with E-state index in [1.54, 1.807) is 12.1 Å². The molecule has 0 spiro atoms. The SMILES string of the molecule is CCO[Si](C)(CCCNC(=O)OCCN(CC)c1ccc(N=Nc2ccc([N+](=O)[O-])cc2)cc1)OCC. The highest BCUT2D eigenvalue weighted by molar-refractivity contribution is 6.66. The van der Waals surface area contributed by atoms with Gasteiger partial charge >= 0.3 is 14.7 Å². The van der Waals surface area contributed by atoms with Crippen LogP contribution >= 0.6 is 0 Å². The topological polar surface area (TPSA) is 128 Å². The zero-order valence-corrected chi connectivity index (χ0v) is 23.0. The summed E-state index contributed by atoms with van der Waals surface area (Å²) in [7, 11) is -2.17. The van der Waals surface area contributed by atoms with E-state index in [0.717, 1.165) is 24.7 Å². The van der Waals surface area contributed by atoms with Crippen molar-refractivity contribution in [2.45, 2.75) is 39.8 Å². The number of hydrogen-bond acceptors (Lipinski definition) is 9. The van der Waals surface area contributed by atoms with E-state index in [1.807, 2.05) is 51.6 Å². The molecular weight excluding hydrogens is 494 g/mol. The number of carbonyl (C=O) groups is 1. The first-order valence-electron chi connectivity index (χ1n) is 12.5. The Hall–Kier alpha value is -3.35. The van der Waals surface area contributed by atoms with E-state index < -0.39 is 19.6 Å². The van der Waals surface area contributed by atoms with Crippen LogP contribution in [0, 0.1) is 10.1 Å². The van der Waals surface area contributed by atoms with E-state index in [2.05, 4.69) is 20.4 Å². The number of carbonyl (C=O) groups excluding carboxylic acids is 1. The molecule has 0 saturated heterocycles. The predicted octanol–water partition coefficient (Wildman–Crippen LogP) is 6.10. The van der Waals surface area contributed by atoms with E-state index in [9.17, 15) is 14.9 Å². The lowest BCUT2D eigenvalue weighted by atomic mass is 10.2. The number of azo groups is 1. The molecule has 0 fully saturated rings. The molecule has 1 N–H and O–H groups in total. The summed E-state index contributed by atoms with van der Waals surface area (Å²) in [4.78, 5) is 24.4. The number of nitrogens with one attached hydrogen (secondary N) is 1. The first-order chi connectivity index (χ1) is 17.8. The number of likely N-dealkylation sites (N-methyl/N-ethyl adjacent to an activating group) is 1. The van der Waals surface area contributed by atoms with Crippen LogP contribution in [0.3, 0.4) is 0 Å². The molecule has 0 unspecified atom stereocenters. The summed E-state index contributed by atoms with van der Waals surface area (Å²) in [5, 5.41) is 21.8. The van der Waals surface area contributed by atoms with Crippen LogP contribution in [0.4, 0.5) is 27.5 Å². The van der Waals surface area contributed by atoms with Crippen molar-refractivity contribution in [2.24, 2.45) is 10.2 Å². The Bertz CT molecular complexity index is 998. The van der Waals surface area contributed by atoms with Gasteiger partial charge in [-0.2, -0.15) is 10.2 Å². The Balaban J connectivity index is 1.75. The fraction of sp³-hybridized carbons (Fsp3) is 0.480. The molecule has 2 rings (SSSR count). The number of nitrogens with zero attached hydrogens (tertiary/aromatic N) is 4. The molecule has 0 aliphatic heterocycles. The van der Waals surface area contributed by atoms with Crippen molar-refractivity contribution in [3.05, 3.63) is 58.6 Å². The molecule has 2 aromatic carbocycles. The molecule has 1 amide bonds. The number of hydrogen-bond donors (Lipinski definition) is 1. The Labute approximate surface area is 219 Å². The molecule has 0 saturated carbocycles. The normalized spacial score (nSPS) is 11.5. The second-order valence-electron chi connectivity index (χ2n) is 8.24. The summed E-state index contributed by atoms with van der Waals surface area (Å²) in [6.07, 6.45) is 0.335. The summed E-state index contributed by atoms with van der Waals surface area (Å²) in [6, 6.07) is 14.2. The van der Waals surface area contributed by atoms with E-state index in [-0.39, 0.29) is 12.3 Å². The van der Waals surface area contributed by atoms with E-state index >= 15 is 0 Å². The summed E-state index contributed by atoms with van der Waals surface area (Å²) >= 11 is 0. The largest absolute Gasteiger partial charge is 0.448 e. The van der Waals surface area contributed by atoms with Gasteiger partial charge in [0.1, 0.15) is 6.61 Å². The van der Waals surface area contributed by atoms with Crippen LogP contribution in [-0.4, -0.2) is 59.0 Å². The van der Waals surface area contributed by atoms with Gasteiger partial charge in [-0.25, -0.2) is 4.79 Å². The quantitative estimate of drug-likeness (QED) is 0.0911. The van der Waals surface area contributed by atoms with Crippen molar-refractivity contribution in [1.82, 2.24) is 5.32 Å². The Morgan fingerprint density at radius 1 is 1.00 bits per heavy atom. The molecule has 0 atom stereocenters. The number of nitro benzene ring substituents is 1. The van der Waals surface area contributed by atoms with Gasteiger partial charge in [-0.05, 0) is 76.2 Å². The van der Waals surface area contributed by atoms with Gasteiger partial charge in [-0.15, -0.1) is 0 Å². The van der Waals surface area contributed by atoms with Gasteiger partial charge in [0.05, 0.1) is 22.8 Å². The fourth-order valence-corrected chi connectivity index (χ4v) is 6.06. The van der Waals surface area contributed by atoms with E-state index in [4.69, 9.17) is 13.6 Å². The van der Waals surface area contributed by atoms with Crippen LogP contribution in [-0.2, 0) is 13.6 Å². The zero-order valence-electron chi connectivity index (χ0n) is 22.0. The van der Waals surface area contributed by atoms with Gasteiger partial charge in [0.2, 0.25) is 0 Å². The molecule has 0 bridgehead atoms. The molecule has 0 aromatic heterocycles. The van der Waals surface area contributed by atoms with Crippen LogP contribution in [0.1, 0.15) is 27.2 Å². The fourth-order valence-electron chi connectivity index (χ4n) is 3.65. The lowest BCUT2D eigenvalue weighted by molar-refractivity contribution is -0.384. The molecule has 11 nitrogen and oxygen atoms in total. The van der Waals surface area contributed by atoms with Crippen LogP contribution < -0.4 is 10.2 Å². The maximum Gasteiger partial charge on any atom is 0.407 e. The number of non-ortho nitro benzene ring substituents is 1. The Kier molecular flexibility index (Phi) is 12.7. The minimum Gasteiger partial charge on any atom is -0.448 e. The molecule has 0 aliphatic rings. The molecule has 0 aliphatic carbocycles. The van der Waals surface area contributed by atoms with Gasteiger partial charge < -0.3 is 23.8 Å². The highest BCUT2D eigenvalue weighted by atomic mass is 28.4. The summed E-state index contributed by atoms with van der Waals surface area (Å²) < 4.78 is 17.0. The lowest BCUT2D eigenvalue weighted by Gasteiger charge is -2.26. The van der Waals surface area contributed by atoms with Crippen molar-refractivity contribution in [2.75, 3.05) is 44.4 Å². The second kappa shape index (κ2) is 15.7. The Morgan fingerprint density at radius 3 is 2.08 bits per heavy atom. The summed E-state index contributed by atoms with van der Waals surface area (Å²) in [5.41, 5.74) is 2.16. The molecule has 37 heavy (non-hydrogen) atoms. The van der Waals surface area contributed by atoms with Crippen LogP contribution in [0.15, 0.2) is 58.8 Å². The molecular formula is C25H37N5O6Si. The number of anilines is 1. The number of rotatable bonds is 16. The summed E-state index contributed by atoms with van der Waals surface area (Å²) in [6.45, 7) is 11.3. The maximum atomic E-state index is 12.1. The van der Waals surface area contributed by atoms with Crippen molar-refractivity contribution >= 4 is 37.4 Å². The standard InChI is InChI=1S/C25H37N5O6Si/c1-5-29(18-19-34-25(31)26-17-8-20-37(4,35-6-2)36-7-3)23-13-9-21(10-14-23)27-28-22-11-15-24(16-12-22)30(32)33/h9-16H,5-8,17-20H2,1-4H3,(H,26,31). The third kappa shape index (κ3) is 10.7. The van der Waals surface area contributed by atoms with Gasteiger partial charge in [-0.1, -0.05) is 0 Å². The average molecular weight is 532 g/mol. The van der Waals surface area contributed by atoms with Crippen molar-refractivity contribution in [3.63, 3.8) is 0 Å². The van der Waals surface area contributed by atoms with E-state index in [0.29, 0.717) is 37.7 Å². The van der Waals surface area contributed by atoms with Crippen LogP contribution in [0.5, 0.6) is 0 Å². The third-order valence-corrected chi connectivity index (χ3v) is 8.57. The van der Waals surface area contributed by atoms with E-state index in [1.165, 1.54) is 12.1 Å². The first-order valence-corrected chi connectivity index (χ1v) is 15.0. The predicted molar refractivity (Wildman–Crippen MR) is 145 cm³/mol. The number of nitro groups is 1. The molecule has 2 aromatic rings. The smallest absolute Gasteiger partial charge is 0.407 e. The number of ether oxygens (including phenoxy) is 1. The summed E-state index contributed by atoms with van der Waals surface area (Å²) in [5.74, 6) is 0. The monoisotopic (exact) mass is 531 g/mol. The maximum absolute atomic E-state index is 12.1. The molecule has 202 valence electrons. The average Bonchev–Trinajstić information content (AvgIpc) is 2.89. The number of alkyl carbamates (subject to hydrolysis) is 1. The van der Waals surface area contributed by atoms with Crippen LogP contribution in [0.2, 0.25) is 12.6 Å². The number of benzene rings is 2. The third-order valence-electron chi connectivity index (χ3n) is 5.51. The molecule has 12 heteroatoms. The van der Waals surface area contributed by atoms with Gasteiger partial charge in [0.15, 0.2) is 0 Å². The van der Waals surface area contributed by atoms with Crippen molar-refractivity contribution in [3.8, 4) is 0 Å².